The van der Waals surface area contributed by atoms with Crippen LogP contribution in [0.2, 0.25) is 0 Å². The SMILES string of the molecule is CC(C)Cc1csc(C2CCC2)n1. The van der Waals surface area contributed by atoms with Gasteiger partial charge in [0.2, 0.25) is 0 Å². The second-order valence-corrected chi connectivity index (χ2v) is 5.29. The number of hydrogen-bond acceptors (Lipinski definition) is 2. The van der Waals surface area contributed by atoms with Crippen LogP contribution >= 0.6 is 11.3 Å². The summed E-state index contributed by atoms with van der Waals surface area (Å²) < 4.78 is 0. The van der Waals surface area contributed by atoms with E-state index in [-0.39, 0.29) is 0 Å². The van der Waals surface area contributed by atoms with Crippen LogP contribution in [0.5, 0.6) is 0 Å². The minimum absolute atomic E-state index is 0.733. The first-order chi connectivity index (χ1) is 6.25. The Balaban J connectivity index is 2.00. The topological polar surface area (TPSA) is 12.9 Å². The summed E-state index contributed by atoms with van der Waals surface area (Å²) in [7, 11) is 0. The highest BCUT2D eigenvalue weighted by molar-refractivity contribution is 7.09. The smallest absolute Gasteiger partial charge is 0.0959 e. The van der Waals surface area contributed by atoms with Crippen LogP contribution in [0.3, 0.4) is 0 Å². The molecule has 1 nitrogen and oxygen atoms in total. The molecule has 1 aliphatic rings. The van der Waals surface area contributed by atoms with Crippen molar-refractivity contribution in [2.24, 2.45) is 5.92 Å². The molecule has 13 heavy (non-hydrogen) atoms. The Morgan fingerprint density at radius 2 is 2.31 bits per heavy atom. The summed E-state index contributed by atoms with van der Waals surface area (Å²) in [6, 6.07) is 0. The summed E-state index contributed by atoms with van der Waals surface area (Å²) in [5, 5.41) is 3.63. The Bertz CT molecular complexity index is 273. The molecule has 1 aromatic heterocycles. The Morgan fingerprint density at radius 1 is 1.54 bits per heavy atom. The van der Waals surface area contributed by atoms with Crippen molar-refractivity contribution in [3.63, 3.8) is 0 Å². The highest BCUT2D eigenvalue weighted by Gasteiger charge is 2.22. The van der Waals surface area contributed by atoms with Crippen molar-refractivity contribution in [1.82, 2.24) is 4.98 Å². The molecule has 0 N–H and O–H groups in total. The van der Waals surface area contributed by atoms with Gasteiger partial charge in [0.1, 0.15) is 0 Å². The summed E-state index contributed by atoms with van der Waals surface area (Å²) >= 11 is 1.86. The average Bonchev–Trinajstić information content (AvgIpc) is 2.31. The molecule has 0 unspecified atom stereocenters. The van der Waals surface area contributed by atoms with E-state index in [0.29, 0.717) is 0 Å². The van der Waals surface area contributed by atoms with Crippen LogP contribution in [0.1, 0.15) is 49.7 Å². The number of thiazole rings is 1. The predicted octanol–water partition coefficient (Wildman–Crippen LogP) is 3.61. The van der Waals surface area contributed by atoms with Crippen LogP contribution in [-0.4, -0.2) is 4.98 Å². The maximum Gasteiger partial charge on any atom is 0.0959 e. The van der Waals surface area contributed by atoms with Crippen LogP contribution in [0, 0.1) is 5.92 Å². The Labute approximate surface area is 84.2 Å². The van der Waals surface area contributed by atoms with Gasteiger partial charge in [0.25, 0.3) is 0 Å². The molecule has 1 heterocycles. The highest BCUT2D eigenvalue weighted by atomic mass is 32.1. The molecule has 0 saturated heterocycles. The van der Waals surface area contributed by atoms with E-state index in [0.717, 1.165) is 18.3 Å². The van der Waals surface area contributed by atoms with Crippen molar-refractivity contribution in [3.05, 3.63) is 16.1 Å². The van der Waals surface area contributed by atoms with E-state index in [1.807, 2.05) is 11.3 Å². The monoisotopic (exact) mass is 195 g/mol. The van der Waals surface area contributed by atoms with Crippen molar-refractivity contribution in [2.75, 3.05) is 0 Å². The zero-order chi connectivity index (χ0) is 9.26. The van der Waals surface area contributed by atoms with Gasteiger partial charge in [0.15, 0.2) is 0 Å². The third-order valence-electron chi connectivity index (χ3n) is 2.64. The standard InChI is InChI=1S/C11H17NS/c1-8(2)6-10-7-13-11(12-10)9-4-3-5-9/h7-9H,3-6H2,1-2H3. The van der Waals surface area contributed by atoms with Gasteiger partial charge in [-0.2, -0.15) is 0 Å². The van der Waals surface area contributed by atoms with E-state index in [2.05, 4.69) is 19.2 Å². The van der Waals surface area contributed by atoms with Gasteiger partial charge in [-0.15, -0.1) is 11.3 Å². The molecular weight excluding hydrogens is 178 g/mol. The first-order valence-corrected chi connectivity index (χ1v) is 6.08. The van der Waals surface area contributed by atoms with Crippen molar-refractivity contribution in [1.29, 1.82) is 0 Å². The molecule has 1 fully saturated rings. The maximum atomic E-state index is 4.69. The molecule has 0 radical (unpaired) electrons. The first-order valence-electron chi connectivity index (χ1n) is 5.20. The molecule has 0 bridgehead atoms. The quantitative estimate of drug-likeness (QED) is 0.718. The maximum absolute atomic E-state index is 4.69. The van der Waals surface area contributed by atoms with Crippen molar-refractivity contribution < 1.29 is 0 Å². The average molecular weight is 195 g/mol. The zero-order valence-corrected chi connectivity index (χ0v) is 9.23. The molecule has 0 amide bonds. The largest absolute Gasteiger partial charge is 0.246 e. The summed E-state index contributed by atoms with van der Waals surface area (Å²) in [6.45, 7) is 4.50. The van der Waals surface area contributed by atoms with Gasteiger partial charge in [-0.25, -0.2) is 4.98 Å². The Morgan fingerprint density at radius 3 is 2.85 bits per heavy atom. The Hall–Kier alpha value is -0.370. The summed E-state index contributed by atoms with van der Waals surface area (Å²) in [5.41, 5.74) is 1.31. The van der Waals surface area contributed by atoms with Crippen LogP contribution in [-0.2, 0) is 6.42 Å². The third kappa shape index (κ3) is 2.11. The van der Waals surface area contributed by atoms with Crippen LogP contribution in [0.15, 0.2) is 5.38 Å². The molecule has 72 valence electrons. The van der Waals surface area contributed by atoms with Gasteiger partial charge in [-0.3, -0.25) is 0 Å². The minimum Gasteiger partial charge on any atom is -0.246 e. The lowest BCUT2D eigenvalue weighted by Gasteiger charge is -2.22. The van der Waals surface area contributed by atoms with Crippen LogP contribution in [0.4, 0.5) is 0 Å². The van der Waals surface area contributed by atoms with Crippen molar-refractivity contribution >= 4 is 11.3 Å². The second kappa shape index (κ2) is 3.79. The van der Waals surface area contributed by atoms with Gasteiger partial charge in [0.05, 0.1) is 10.7 Å². The molecule has 2 heteroatoms. The van der Waals surface area contributed by atoms with Gasteiger partial charge < -0.3 is 0 Å². The van der Waals surface area contributed by atoms with Gasteiger partial charge in [0, 0.05) is 11.3 Å². The third-order valence-corrected chi connectivity index (χ3v) is 3.70. The molecule has 0 spiro atoms. The van der Waals surface area contributed by atoms with Crippen molar-refractivity contribution in [3.8, 4) is 0 Å². The van der Waals surface area contributed by atoms with E-state index in [1.54, 1.807) is 0 Å². The normalized spacial score (nSPS) is 17.8. The van der Waals surface area contributed by atoms with Gasteiger partial charge in [-0.05, 0) is 25.2 Å². The van der Waals surface area contributed by atoms with Gasteiger partial charge >= 0.3 is 0 Å². The fourth-order valence-electron chi connectivity index (χ4n) is 1.68. The first kappa shape index (κ1) is 9.20. The lowest BCUT2D eigenvalue weighted by molar-refractivity contribution is 0.417. The lowest BCUT2D eigenvalue weighted by atomic mass is 9.86. The van der Waals surface area contributed by atoms with E-state index in [9.17, 15) is 0 Å². The second-order valence-electron chi connectivity index (χ2n) is 4.40. The highest BCUT2D eigenvalue weighted by Crippen LogP contribution is 2.37. The minimum atomic E-state index is 0.733. The molecule has 0 aliphatic heterocycles. The summed E-state index contributed by atoms with van der Waals surface area (Å²) in [6.07, 6.45) is 5.29. The van der Waals surface area contributed by atoms with Crippen molar-refractivity contribution in [2.45, 2.75) is 45.4 Å². The van der Waals surface area contributed by atoms with E-state index >= 15 is 0 Å². The fraction of sp³-hybridized carbons (Fsp3) is 0.727. The zero-order valence-electron chi connectivity index (χ0n) is 8.42. The molecule has 0 atom stereocenters. The molecule has 0 aromatic carbocycles. The molecule has 1 aromatic rings. The molecule has 1 saturated carbocycles. The Kier molecular flexibility index (Phi) is 2.68. The number of aromatic nitrogens is 1. The molecule has 2 rings (SSSR count). The van der Waals surface area contributed by atoms with Gasteiger partial charge in [-0.1, -0.05) is 20.3 Å². The predicted molar refractivity (Wildman–Crippen MR) is 57.2 cm³/mol. The van der Waals surface area contributed by atoms with Crippen LogP contribution in [0.25, 0.3) is 0 Å². The van der Waals surface area contributed by atoms with Crippen LogP contribution < -0.4 is 0 Å². The summed E-state index contributed by atoms with van der Waals surface area (Å²) in [4.78, 5) is 4.69. The summed E-state index contributed by atoms with van der Waals surface area (Å²) in [5.74, 6) is 1.54. The number of nitrogens with zero attached hydrogens (tertiary/aromatic N) is 1. The lowest BCUT2D eigenvalue weighted by Crippen LogP contribution is -2.08. The van der Waals surface area contributed by atoms with E-state index in [4.69, 9.17) is 4.98 Å². The van der Waals surface area contributed by atoms with E-state index < -0.39 is 0 Å². The fourth-order valence-corrected chi connectivity index (χ4v) is 2.68. The molecule has 1 aliphatic carbocycles. The molecular formula is C11H17NS. The number of rotatable bonds is 3. The van der Waals surface area contributed by atoms with E-state index in [1.165, 1.54) is 30.0 Å². The number of hydrogen-bond donors (Lipinski definition) is 0.